The minimum atomic E-state index is -0.730. The Morgan fingerprint density at radius 1 is 1.04 bits per heavy atom. The number of piperidine rings is 1. The zero-order valence-corrected chi connectivity index (χ0v) is 15.5. The van der Waals surface area contributed by atoms with Crippen molar-refractivity contribution in [1.82, 2.24) is 9.80 Å². The Kier molecular flexibility index (Phi) is 6.07. The minimum Gasteiger partial charge on any atom is -0.385 e. The predicted molar refractivity (Wildman–Crippen MR) is 104 cm³/mol. The third-order valence-corrected chi connectivity index (χ3v) is 5.32. The summed E-state index contributed by atoms with van der Waals surface area (Å²) < 4.78 is 0. The summed E-state index contributed by atoms with van der Waals surface area (Å²) in [6, 6.07) is 20.0. The van der Waals surface area contributed by atoms with Crippen molar-refractivity contribution in [1.29, 1.82) is 0 Å². The molecule has 1 saturated heterocycles. The van der Waals surface area contributed by atoms with Gasteiger partial charge in [-0.1, -0.05) is 60.7 Å². The monoisotopic (exact) mass is 352 g/mol. The smallest absolute Gasteiger partial charge is 0.223 e. The molecule has 0 radical (unpaired) electrons. The van der Waals surface area contributed by atoms with Crippen molar-refractivity contribution in [3.05, 3.63) is 71.8 Å². The van der Waals surface area contributed by atoms with Gasteiger partial charge in [-0.2, -0.15) is 0 Å². The van der Waals surface area contributed by atoms with E-state index in [1.807, 2.05) is 67.7 Å². The van der Waals surface area contributed by atoms with Gasteiger partial charge in [0, 0.05) is 39.6 Å². The molecule has 2 aromatic rings. The number of hydrogen-bond donors (Lipinski definition) is 1. The van der Waals surface area contributed by atoms with E-state index in [-0.39, 0.29) is 5.91 Å². The van der Waals surface area contributed by atoms with Crippen LogP contribution >= 0.6 is 0 Å². The van der Waals surface area contributed by atoms with Crippen LogP contribution in [0, 0.1) is 0 Å². The standard InChI is InChI=1S/C22H28N2O2/c1-23(18-19-8-4-2-5-9-19)21(25)12-15-24-16-13-22(26,14-17-24)20-10-6-3-7-11-20/h2-11,26H,12-18H2,1H3. The van der Waals surface area contributed by atoms with Crippen LogP contribution in [0.5, 0.6) is 0 Å². The first kappa shape index (κ1) is 18.6. The summed E-state index contributed by atoms with van der Waals surface area (Å²) in [6.45, 7) is 3.04. The quantitative estimate of drug-likeness (QED) is 0.869. The molecule has 0 spiro atoms. The summed E-state index contributed by atoms with van der Waals surface area (Å²) in [4.78, 5) is 16.5. The van der Waals surface area contributed by atoms with Crippen molar-refractivity contribution in [3.8, 4) is 0 Å². The van der Waals surface area contributed by atoms with Crippen LogP contribution in [0.2, 0.25) is 0 Å². The molecule has 0 aromatic heterocycles. The van der Waals surface area contributed by atoms with Gasteiger partial charge in [-0.15, -0.1) is 0 Å². The van der Waals surface area contributed by atoms with Gasteiger partial charge in [0.05, 0.1) is 5.60 Å². The normalized spacial score (nSPS) is 17.0. The summed E-state index contributed by atoms with van der Waals surface area (Å²) >= 11 is 0. The van der Waals surface area contributed by atoms with E-state index in [1.165, 1.54) is 0 Å². The second-order valence-electron chi connectivity index (χ2n) is 7.22. The van der Waals surface area contributed by atoms with Crippen LogP contribution in [0.25, 0.3) is 0 Å². The van der Waals surface area contributed by atoms with Gasteiger partial charge in [0.15, 0.2) is 0 Å². The molecule has 0 unspecified atom stereocenters. The molecule has 138 valence electrons. The van der Waals surface area contributed by atoms with Crippen molar-refractivity contribution in [2.45, 2.75) is 31.4 Å². The number of benzene rings is 2. The van der Waals surface area contributed by atoms with E-state index in [2.05, 4.69) is 4.90 Å². The average Bonchev–Trinajstić information content (AvgIpc) is 2.69. The summed E-state index contributed by atoms with van der Waals surface area (Å²) in [5.41, 5.74) is 1.42. The van der Waals surface area contributed by atoms with Gasteiger partial charge in [0.25, 0.3) is 0 Å². The zero-order chi connectivity index (χ0) is 18.4. The van der Waals surface area contributed by atoms with Crippen LogP contribution in [0.15, 0.2) is 60.7 Å². The van der Waals surface area contributed by atoms with Gasteiger partial charge in [0.1, 0.15) is 0 Å². The lowest BCUT2D eigenvalue weighted by Crippen LogP contribution is -2.43. The molecule has 26 heavy (non-hydrogen) atoms. The topological polar surface area (TPSA) is 43.8 Å². The highest BCUT2D eigenvalue weighted by atomic mass is 16.3. The van der Waals surface area contributed by atoms with Gasteiger partial charge >= 0.3 is 0 Å². The molecule has 1 aliphatic heterocycles. The SMILES string of the molecule is CN(Cc1ccccc1)C(=O)CCN1CCC(O)(c2ccccc2)CC1. The van der Waals surface area contributed by atoms with Crippen molar-refractivity contribution >= 4 is 5.91 Å². The van der Waals surface area contributed by atoms with Gasteiger partial charge < -0.3 is 14.9 Å². The molecule has 2 aromatic carbocycles. The summed E-state index contributed by atoms with van der Waals surface area (Å²) in [6.07, 6.45) is 1.95. The summed E-state index contributed by atoms with van der Waals surface area (Å²) in [7, 11) is 1.86. The predicted octanol–water partition coefficient (Wildman–Crippen LogP) is 3.02. The highest BCUT2D eigenvalue weighted by Crippen LogP contribution is 2.32. The molecule has 0 saturated carbocycles. The zero-order valence-electron chi connectivity index (χ0n) is 15.5. The third-order valence-electron chi connectivity index (χ3n) is 5.32. The molecule has 0 bridgehead atoms. The van der Waals surface area contributed by atoms with Crippen LogP contribution in [0.3, 0.4) is 0 Å². The Balaban J connectivity index is 1.44. The van der Waals surface area contributed by atoms with Crippen LogP contribution in [-0.2, 0) is 16.9 Å². The van der Waals surface area contributed by atoms with Crippen LogP contribution in [0.4, 0.5) is 0 Å². The van der Waals surface area contributed by atoms with Crippen molar-refractivity contribution in [3.63, 3.8) is 0 Å². The fourth-order valence-corrected chi connectivity index (χ4v) is 3.57. The molecule has 1 fully saturated rings. The van der Waals surface area contributed by atoms with Gasteiger partial charge in [-0.25, -0.2) is 0 Å². The number of hydrogen-bond acceptors (Lipinski definition) is 3. The maximum Gasteiger partial charge on any atom is 0.223 e. The van der Waals surface area contributed by atoms with E-state index in [1.54, 1.807) is 4.90 Å². The van der Waals surface area contributed by atoms with E-state index < -0.39 is 5.60 Å². The number of aliphatic hydroxyl groups is 1. The van der Waals surface area contributed by atoms with E-state index in [4.69, 9.17) is 0 Å². The van der Waals surface area contributed by atoms with Crippen molar-refractivity contribution in [2.24, 2.45) is 0 Å². The van der Waals surface area contributed by atoms with E-state index in [0.717, 1.165) is 30.8 Å². The van der Waals surface area contributed by atoms with Crippen LogP contribution in [-0.4, -0.2) is 47.5 Å². The molecular formula is C22H28N2O2. The Morgan fingerprint density at radius 3 is 2.23 bits per heavy atom. The first-order valence-corrected chi connectivity index (χ1v) is 9.35. The molecule has 1 amide bonds. The maximum absolute atomic E-state index is 12.4. The number of carbonyl (C=O) groups is 1. The Labute approximate surface area is 156 Å². The first-order valence-electron chi connectivity index (χ1n) is 9.35. The summed E-state index contributed by atoms with van der Waals surface area (Å²) in [5.74, 6) is 0.165. The molecular weight excluding hydrogens is 324 g/mol. The lowest BCUT2D eigenvalue weighted by Gasteiger charge is -2.38. The highest BCUT2D eigenvalue weighted by molar-refractivity contribution is 5.76. The molecule has 1 heterocycles. The Bertz CT molecular complexity index is 695. The number of likely N-dealkylation sites (tertiary alicyclic amines) is 1. The third kappa shape index (κ3) is 4.71. The fourth-order valence-electron chi connectivity index (χ4n) is 3.57. The van der Waals surface area contributed by atoms with Crippen molar-refractivity contribution < 1.29 is 9.90 Å². The van der Waals surface area contributed by atoms with Gasteiger partial charge in [-0.3, -0.25) is 4.79 Å². The number of rotatable bonds is 6. The molecule has 4 heteroatoms. The van der Waals surface area contributed by atoms with Gasteiger partial charge in [0.2, 0.25) is 5.91 Å². The summed E-state index contributed by atoms with van der Waals surface area (Å²) in [5, 5.41) is 10.9. The van der Waals surface area contributed by atoms with Crippen LogP contribution in [0.1, 0.15) is 30.4 Å². The van der Waals surface area contributed by atoms with Gasteiger partial charge in [-0.05, 0) is 24.0 Å². The minimum absolute atomic E-state index is 0.165. The number of amides is 1. The first-order chi connectivity index (χ1) is 12.6. The van der Waals surface area contributed by atoms with E-state index in [9.17, 15) is 9.90 Å². The second kappa shape index (κ2) is 8.47. The molecule has 0 atom stereocenters. The highest BCUT2D eigenvalue weighted by Gasteiger charge is 2.33. The number of nitrogens with zero attached hydrogens (tertiary/aromatic N) is 2. The molecule has 4 nitrogen and oxygen atoms in total. The molecule has 1 aliphatic rings. The van der Waals surface area contributed by atoms with Crippen molar-refractivity contribution in [2.75, 3.05) is 26.7 Å². The van der Waals surface area contributed by atoms with E-state index in [0.29, 0.717) is 25.8 Å². The largest absolute Gasteiger partial charge is 0.385 e. The molecule has 1 N–H and O–H groups in total. The average molecular weight is 352 g/mol. The Hall–Kier alpha value is -2.17. The Morgan fingerprint density at radius 2 is 1.62 bits per heavy atom. The molecule has 3 rings (SSSR count). The lowest BCUT2D eigenvalue weighted by atomic mass is 9.84. The van der Waals surface area contributed by atoms with Crippen LogP contribution < -0.4 is 0 Å². The maximum atomic E-state index is 12.4. The lowest BCUT2D eigenvalue weighted by molar-refractivity contribution is -0.131. The second-order valence-corrected chi connectivity index (χ2v) is 7.22. The number of carbonyl (C=O) groups excluding carboxylic acids is 1. The molecule has 0 aliphatic carbocycles. The van der Waals surface area contributed by atoms with E-state index >= 15 is 0 Å². The fraction of sp³-hybridized carbons (Fsp3) is 0.409.